The highest BCUT2D eigenvalue weighted by Crippen LogP contribution is 2.22. The lowest BCUT2D eigenvalue weighted by atomic mass is 10.0. The quantitative estimate of drug-likeness (QED) is 0.596. The van der Waals surface area contributed by atoms with E-state index in [1.807, 2.05) is 75.4 Å². The topological polar surface area (TPSA) is 78.4 Å². The second-order valence-electron chi connectivity index (χ2n) is 6.55. The number of hydrogen-bond donors (Lipinski definition) is 1. The van der Waals surface area contributed by atoms with Crippen LogP contribution in [-0.4, -0.2) is 23.4 Å². The summed E-state index contributed by atoms with van der Waals surface area (Å²) < 4.78 is 11.6. The average Bonchev–Trinajstić information content (AvgIpc) is 3.12. The lowest BCUT2D eigenvalue weighted by Gasteiger charge is -2.09. The Morgan fingerprint density at radius 2 is 1.76 bits per heavy atom. The van der Waals surface area contributed by atoms with E-state index in [0.29, 0.717) is 25.3 Å². The van der Waals surface area contributed by atoms with Gasteiger partial charge in [0, 0.05) is 12.0 Å². The molecular weight excluding hydrogens is 364 g/mol. The van der Waals surface area contributed by atoms with Crippen LogP contribution in [-0.2, 0) is 17.6 Å². The molecule has 1 atom stereocenters. The second-order valence-corrected chi connectivity index (χ2v) is 6.55. The van der Waals surface area contributed by atoms with Gasteiger partial charge in [-0.15, -0.1) is 0 Å². The third-order valence-electron chi connectivity index (χ3n) is 4.42. The van der Waals surface area contributed by atoms with E-state index in [1.54, 1.807) is 0 Å². The summed E-state index contributed by atoms with van der Waals surface area (Å²) in [5.41, 5.74) is 8.68. The number of nitrogens with two attached hydrogens (primary N) is 1. The number of benzene rings is 2. The summed E-state index contributed by atoms with van der Waals surface area (Å²) in [6.45, 7) is 7.94. The number of ketones is 1. The number of carbonyl (C=O) groups excluding carboxylic acids is 1. The summed E-state index contributed by atoms with van der Waals surface area (Å²) in [7, 11) is 0. The molecule has 5 heteroatoms. The van der Waals surface area contributed by atoms with Gasteiger partial charge in [0.05, 0.1) is 18.3 Å². The van der Waals surface area contributed by atoms with Crippen LogP contribution in [0.3, 0.4) is 0 Å². The molecule has 1 heterocycles. The van der Waals surface area contributed by atoms with Crippen molar-refractivity contribution >= 4 is 5.78 Å². The minimum atomic E-state index is -0.453. The van der Waals surface area contributed by atoms with Gasteiger partial charge in [0.25, 0.3) is 0 Å². The van der Waals surface area contributed by atoms with Crippen LogP contribution in [0.5, 0.6) is 5.75 Å². The van der Waals surface area contributed by atoms with Gasteiger partial charge in [0.15, 0.2) is 0 Å². The predicted molar refractivity (Wildman–Crippen MR) is 116 cm³/mol. The van der Waals surface area contributed by atoms with Gasteiger partial charge in [-0.3, -0.25) is 4.79 Å². The fourth-order valence-electron chi connectivity index (χ4n) is 2.75. The number of aromatic nitrogens is 1. The summed E-state index contributed by atoms with van der Waals surface area (Å²) >= 11 is 0. The molecule has 0 bridgehead atoms. The lowest BCUT2D eigenvalue weighted by Crippen LogP contribution is -2.30. The van der Waals surface area contributed by atoms with Gasteiger partial charge in [0.2, 0.25) is 5.89 Å². The number of ether oxygens (including phenoxy) is 1. The lowest BCUT2D eigenvalue weighted by molar-refractivity contribution is -0.118. The maximum Gasteiger partial charge on any atom is 0.226 e. The first-order valence-corrected chi connectivity index (χ1v) is 10.0. The van der Waals surface area contributed by atoms with Crippen LogP contribution in [0.2, 0.25) is 0 Å². The first kappa shape index (κ1) is 22.4. The number of aryl methyl sites for hydroxylation is 1. The van der Waals surface area contributed by atoms with Crippen LogP contribution >= 0.6 is 0 Å². The van der Waals surface area contributed by atoms with Crippen molar-refractivity contribution in [1.29, 1.82) is 0 Å². The molecule has 0 radical (unpaired) electrons. The Labute approximate surface area is 172 Å². The molecule has 0 aliphatic carbocycles. The normalized spacial score (nSPS) is 11.3. The number of hydrogen-bond acceptors (Lipinski definition) is 5. The summed E-state index contributed by atoms with van der Waals surface area (Å²) in [5, 5.41) is 0. The van der Waals surface area contributed by atoms with E-state index in [1.165, 1.54) is 6.92 Å². The number of carbonyl (C=O) groups is 1. The van der Waals surface area contributed by atoms with Gasteiger partial charge in [-0.25, -0.2) is 4.98 Å². The Morgan fingerprint density at radius 3 is 2.38 bits per heavy atom. The number of rotatable bonds is 8. The van der Waals surface area contributed by atoms with E-state index in [-0.39, 0.29) is 5.78 Å². The summed E-state index contributed by atoms with van der Waals surface area (Å²) in [5.74, 6) is 2.22. The van der Waals surface area contributed by atoms with E-state index < -0.39 is 6.04 Å². The van der Waals surface area contributed by atoms with Crippen molar-refractivity contribution in [1.82, 2.24) is 4.98 Å². The Morgan fingerprint density at radius 1 is 1.10 bits per heavy atom. The molecule has 0 fully saturated rings. The highest BCUT2D eigenvalue weighted by atomic mass is 16.5. The summed E-state index contributed by atoms with van der Waals surface area (Å²) in [6.07, 6.45) is 1.20. The third-order valence-corrected chi connectivity index (χ3v) is 4.42. The molecule has 1 aromatic heterocycles. The molecule has 1 unspecified atom stereocenters. The second kappa shape index (κ2) is 11.2. The van der Waals surface area contributed by atoms with Gasteiger partial charge < -0.3 is 14.9 Å². The van der Waals surface area contributed by atoms with Gasteiger partial charge in [-0.05, 0) is 50.1 Å². The molecule has 0 spiro atoms. The Kier molecular flexibility index (Phi) is 8.62. The van der Waals surface area contributed by atoms with Crippen molar-refractivity contribution in [3.8, 4) is 17.2 Å². The molecule has 2 aromatic carbocycles. The molecule has 3 aromatic rings. The van der Waals surface area contributed by atoms with Crippen molar-refractivity contribution in [2.75, 3.05) is 6.61 Å². The van der Waals surface area contributed by atoms with Crippen molar-refractivity contribution < 1.29 is 13.9 Å². The first-order valence-electron chi connectivity index (χ1n) is 10.0. The fourth-order valence-corrected chi connectivity index (χ4v) is 2.75. The van der Waals surface area contributed by atoms with Gasteiger partial charge >= 0.3 is 0 Å². The van der Waals surface area contributed by atoms with Crippen LogP contribution in [0, 0.1) is 6.92 Å². The molecule has 2 N–H and O–H groups in total. The fraction of sp³-hybridized carbons (Fsp3) is 0.333. The van der Waals surface area contributed by atoms with E-state index in [9.17, 15) is 4.79 Å². The van der Waals surface area contributed by atoms with Crippen LogP contribution in [0.25, 0.3) is 11.5 Å². The Bertz CT molecular complexity index is 886. The van der Waals surface area contributed by atoms with Gasteiger partial charge in [0.1, 0.15) is 17.3 Å². The molecule has 29 heavy (non-hydrogen) atoms. The van der Waals surface area contributed by atoms with Crippen LogP contribution in [0.4, 0.5) is 0 Å². The molecule has 5 nitrogen and oxygen atoms in total. The Balaban J connectivity index is 0.00000145. The number of Topliss-reactive ketones (excluding diaryl/α,β-unsaturated/α-hetero) is 1. The van der Waals surface area contributed by atoms with Gasteiger partial charge in [-0.1, -0.05) is 44.2 Å². The third kappa shape index (κ3) is 6.57. The molecule has 0 amide bonds. The highest BCUT2D eigenvalue weighted by molar-refractivity contribution is 5.81. The van der Waals surface area contributed by atoms with Crippen LogP contribution < -0.4 is 10.5 Å². The smallest absolute Gasteiger partial charge is 0.226 e. The van der Waals surface area contributed by atoms with Crippen molar-refractivity contribution in [3.63, 3.8) is 0 Å². The van der Waals surface area contributed by atoms with E-state index in [2.05, 4.69) is 4.98 Å². The standard InChI is InChI=1S/C22H24N2O3.C2H6/c1-15(25)20(23)14-17-8-10-19(11-9-17)26-13-12-21-16(2)27-22(24-21)18-6-4-3-5-7-18;1-2/h3-11,20H,12-14,23H2,1-2H3;1-2H3. The van der Waals surface area contributed by atoms with Crippen molar-refractivity contribution in [2.24, 2.45) is 5.73 Å². The van der Waals surface area contributed by atoms with E-state index >= 15 is 0 Å². The highest BCUT2D eigenvalue weighted by Gasteiger charge is 2.12. The molecule has 0 saturated heterocycles. The van der Waals surface area contributed by atoms with Crippen molar-refractivity contribution in [3.05, 3.63) is 71.6 Å². The van der Waals surface area contributed by atoms with Gasteiger partial charge in [-0.2, -0.15) is 0 Å². The Hall–Kier alpha value is -2.92. The number of oxazole rings is 1. The van der Waals surface area contributed by atoms with Crippen LogP contribution in [0.15, 0.2) is 59.0 Å². The summed E-state index contributed by atoms with van der Waals surface area (Å²) in [6, 6.07) is 17.1. The predicted octanol–water partition coefficient (Wildman–Crippen LogP) is 4.76. The first-order chi connectivity index (χ1) is 14.0. The molecular formula is C24H30N2O3. The zero-order chi connectivity index (χ0) is 21.2. The zero-order valence-electron chi connectivity index (χ0n) is 17.6. The number of nitrogens with zero attached hydrogens (tertiary/aromatic N) is 1. The van der Waals surface area contributed by atoms with Crippen molar-refractivity contribution in [2.45, 2.75) is 46.6 Å². The van der Waals surface area contributed by atoms with E-state index in [4.69, 9.17) is 14.9 Å². The molecule has 0 aliphatic rings. The molecule has 154 valence electrons. The minimum absolute atomic E-state index is 0.00631. The molecule has 0 saturated carbocycles. The van der Waals surface area contributed by atoms with Crippen LogP contribution in [0.1, 0.15) is 37.8 Å². The molecule has 3 rings (SSSR count). The SMILES string of the molecule is CC.CC(=O)C(N)Cc1ccc(OCCc2nc(-c3ccccc3)oc2C)cc1. The maximum absolute atomic E-state index is 11.2. The average molecular weight is 395 g/mol. The summed E-state index contributed by atoms with van der Waals surface area (Å²) in [4.78, 5) is 15.8. The largest absolute Gasteiger partial charge is 0.493 e. The zero-order valence-corrected chi connectivity index (χ0v) is 17.6. The monoisotopic (exact) mass is 394 g/mol. The minimum Gasteiger partial charge on any atom is -0.493 e. The molecule has 0 aliphatic heterocycles. The van der Waals surface area contributed by atoms with E-state index in [0.717, 1.165) is 28.3 Å². The maximum atomic E-state index is 11.2.